The molecule has 9 nitrogen and oxygen atoms in total. The van der Waals surface area contributed by atoms with Crippen molar-refractivity contribution in [3.8, 4) is 22.8 Å². The number of benzene rings is 4. The minimum absolute atomic E-state index is 0.353. The Hall–Kier alpha value is -5.44. The predicted octanol–water partition coefficient (Wildman–Crippen LogP) is 5.76. The van der Waals surface area contributed by atoms with Crippen molar-refractivity contribution in [3.63, 3.8) is 0 Å². The van der Waals surface area contributed by atoms with Crippen molar-refractivity contribution in [2.24, 2.45) is 0 Å². The molecule has 0 saturated heterocycles. The van der Waals surface area contributed by atoms with Gasteiger partial charge in [-0.2, -0.15) is 0 Å². The van der Waals surface area contributed by atoms with Crippen LogP contribution in [0.25, 0.3) is 66.8 Å². The summed E-state index contributed by atoms with van der Waals surface area (Å²) in [7, 11) is 3.47. The first-order chi connectivity index (χ1) is 19.0. The molecule has 4 aromatic carbocycles. The molecule has 3 heterocycles. The van der Waals surface area contributed by atoms with Gasteiger partial charge in [0.15, 0.2) is 0 Å². The van der Waals surface area contributed by atoms with Crippen LogP contribution >= 0.6 is 0 Å². The zero-order valence-corrected chi connectivity index (χ0v) is 21.2. The van der Waals surface area contributed by atoms with Gasteiger partial charge < -0.3 is 25.0 Å². The van der Waals surface area contributed by atoms with Crippen molar-refractivity contribution < 1.29 is 4.42 Å². The summed E-state index contributed by atoms with van der Waals surface area (Å²) in [4.78, 5) is 16.3. The van der Waals surface area contributed by atoms with Crippen molar-refractivity contribution in [1.82, 2.24) is 30.6 Å². The third-order valence-electron chi connectivity index (χ3n) is 7.06. The molecule has 0 bridgehead atoms. The van der Waals surface area contributed by atoms with E-state index in [1.165, 1.54) is 0 Å². The van der Waals surface area contributed by atoms with Gasteiger partial charge in [0, 0.05) is 47.1 Å². The number of rotatable bonds is 4. The van der Waals surface area contributed by atoms with Gasteiger partial charge in [-0.1, -0.05) is 12.1 Å². The number of hydrogen-bond donors (Lipinski definition) is 6. The Labute approximate surface area is 222 Å². The average Bonchev–Trinajstić information content (AvgIpc) is 3.69. The van der Waals surface area contributed by atoms with Crippen LogP contribution in [0.4, 0.5) is 0 Å². The van der Waals surface area contributed by atoms with Gasteiger partial charge in [0.05, 0.1) is 22.1 Å². The molecule has 0 fully saturated rings. The van der Waals surface area contributed by atoms with Crippen LogP contribution in [-0.4, -0.2) is 45.7 Å². The fraction of sp³-hybridized carbons (Fsp3) is 0.0667. The SMILES string of the molecule is CNC(=N)c1ccc2[nH]c(-c3ccc4c(c3)oc3cc(-c5nc6cc(C(=N)NC)ccc6[nH]5)ccc34)nc2c1. The second-order valence-corrected chi connectivity index (χ2v) is 9.41. The Kier molecular flexibility index (Phi) is 4.99. The molecule has 6 N–H and O–H groups in total. The highest BCUT2D eigenvalue weighted by Gasteiger charge is 2.14. The number of aromatic nitrogens is 4. The molecule has 0 aliphatic rings. The lowest BCUT2D eigenvalue weighted by Gasteiger charge is -2.01. The molecule has 0 unspecified atom stereocenters. The molecule has 9 heteroatoms. The number of nitrogens with zero attached hydrogens (tertiary/aromatic N) is 2. The van der Waals surface area contributed by atoms with Gasteiger partial charge in [0.2, 0.25) is 0 Å². The van der Waals surface area contributed by atoms with E-state index in [2.05, 4.69) is 32.7 Å². The van der Waals surface area contributed by atoms with Gasteiger partial charge in [-0.05, 0) is 60.7 Å². The molecule has 3 aromatic heterocycles. The Morgan fingerprint density at radius 3 is 1.54 bits per heavy atom. The van der Waals surface area contributed by atoms with E-state index in [0.717, 1.165) is 77.9 Å². The molecule has 0 spiro atoms. The van der Waals surface area contributed by atoms with Crippen molar-refractivity contribution in [3.05, 3.63) is 83.9 Å². The second-order valence-electron chi connectivity index (χ2n) is 9.41. The highest BCUT2D eigenvalue weighted by atomic mass is 16.3. The van der Waals surface area contributed by atoms with Crippen molar-refractivity contribution in [1.29, 1.82) is 10.8 Å². The molecule has 0 aliphatic heterocycles. The monoisotopic (exact) mass is 512 g/mol. The third-order valence-corrected chi connectivity index (χ3v) is 7.06. The summed E-state index contributed by atoms with van der Waals surface area (Å²) < 4.78 is 6.30. The van der Waals surface area contributed by atoms with Gasteiger partial charge in [0.25, 0.3) is 0 Å². The standard InChI is InChI=1S/C30H24N8O/c1-33-27(31)15-5-9-21-23(11-15)37-29(35-21)17-3-7-19-20-8-4-18(14-26(20)39-25(19)13-17)30-36-22-10-6-16(28(32)34-2)12-24(22)38-30/h3-14H,1-2H3,(H2,31,33)(H2,32,34)(H,35,37)(H,36,38). The minimum atomic E-state index is 0.353. The fourth-order valence-electron chi connectivity index (χ4n) is 4.96. The molecule has 7 aromatic rings. The van der Waals surface area contributed by atoms with Gasteiger partial charge in [-0.25, -0.2) is 9.97 Å². The highest BCUT2D eigenvalue weighted by molar-refractivity contribution is 6.07. The maximum absolute atomic E-state index is 8.02. The largest absolute Gasteiger partial charge is 0.456 e. The number of amidine groups is 2. The summed E-state index contributed by atoms with van der Waals surface area (Å²) in [6.45, 7) is 0. The van der Waals surface area contributed by atoms with Crippen LogP contribution in [-0.2, 0) is 0 Å². The fourth-order valence-corrected chi connectivity index (χ4v) is 4.96. The summed E-state index contributed by atoms with van der Waals surface area (Å²) in [5.41, 5.74) is 8.39. The zero-order valence-electron chi connectivity index (χ0n) is 21.2. The van der Waals surface area contributed by atoms with Crippen LogP contribution in [0, 0.1) is 10.8 Å². The van der Waals surface area contributed by atoms with Crippen LogP contribution in [0.3, 0.4) is 0 Å². The Bertz CT molecular complexity index is 1950. The molecule has 0 atom stereocenters. The van der Waals surface area contributed by atoms with Gasteiger partial charge in [-0.3, -0.25) is 10.8 Å². The van der Waals surface area contributed by atoms with Gasteiger partial charge >= 0.3 is 0 Å². The smallest absolute Gasteiger partial charge is 0.138 e. The summed E-state index contributed by atoms with van der Waals surface area (Å²) in [6.07, 6.45) is 0. The topological polar surface area (TPSA) is 142 Å². The molecule has 0 aliphatic carbocycles. The summed E-state index contributed by atoms with van der Waals surface area (Å²) in [6, 6.07) is 23.7. The van der Waals surface area contributed by atoms with E-state index in [1.54, 1.807) is 14.1 Å². The molecule has 39 heavy (non-hydrogen) atoms. The second kappa shape index (κ2) is 8.56. The summed E-state index contributed by atoms with van der Waals surface area (Å²) >= 11 is 0. The lowest BCUT2D eigenvalue weighted by molar-refractivity contribution is 0.669. The highest BCUT2D eigenvalue weighted by Crippen LogP contribution is 2.34. The Balaban J connectivity index is 1.26. The Morgan fingerprint density at radius 1 is 0.641 bits per heavy atom. The van der Waals surface area contributed by atoms with Crippen LogP contribution in [0.15, 0.2) is 77.2 Å². The number of nitrogens with one attached hydrogen (secondary N) is 6. The van der Waals surface area contributed by atoms with E-state index >= 15 is 0 Å². The lowest BCUT2D eigenvalue weighted by atomic mass is 10.1. The average molecular weight is 513 g/mol. The third kappa shape index (κ3) is 3.71. The lowest BCUT2D eigenvalue weighted by Crippen LogP contribution is -2.17. The molecule has 0 saturated carbocycles. The van der Waals surface area contributed by atoms with Crippen LogP contribution in [0.1, 0.15) is 11.1 Å². The summed E-state index contributed by atoms with van der Waals surface area (Å²) in [5, 5.41) is 23.8. The van der Waals surface area contributed by atoms with Crippen molar-refractivity contribution in [2.45, 2.75) is 0 Å². The van der Waals surface area contributed by atoms with Crippen LogP contribution in [0.5, 0.6) is 0 Å². The first kappa shape index (κ1) is 22.7. The number of H-pyrrole nitrogens is 2. The molecule has 0 amide bonds. The van der Waals surface area contributed by atoms with E-state index in [9.17, 15) is 0 Å². The maximum atomic E-state index is 8.02. The molecular weight excluding hydrogens is 488 g/mol. The van der Waals surface area contributed by atoms with E-state index in [0.29, 0.717) is 11.7 Å². The number of imidazole rings is 2. The maximum Gasteiger partial charge on any atom is 0.138 e. The number of furan rings is 1. The Morgan fingerprint density at radius 2 is 1.10 bits per heavy atom. The van der Waals surface area contributed by atoms with E-state index < -0.39 is 0 Å². The molecule has 7 rings (SSSR count). The van der Waals surface area contributed by atoms with E-state index in [1.807, 2.05) is 60.7 Å². The van der Waals surface area contributed by atoms with Crippen LogP contribution in [0.2, 0.25) is 0 Å². The summed E-state index contributed by atoms with van der Waals surface area (Å²) in [5.74, 6) is 2.20. The first-order valence-electron chi connectivity index (χ1n) is 12.5. The number of hydrogen-bond acceptors (Lipinski definition) is 5. The molecule has 190 valence electrons. The van der Waals surface area contributed by atoms with Crippen LogP contribution < -0.4 is 10.6 Å². The quantitative estimate of drug-likeness (QED) is 0.131. The molecular formula is C30H24N8O. The minimum Gasteiger partial charge on any atom is -0.456 e. The number of aromatic amines is 2. The van der Waals surface area contributed by atoms with E-state index in [4.69, 9.17) is 25.2 Å². The normalized spacial score (nSPS) is 11.5. The molecule has 0 radical (unpaired) electrons. The van der Waals surface area contributed by atoms with Gasteiger partial charge in [-0.15, -0.1) is 0 Å². The van der Waals surface area contributed by atoms with Crippen molar-refractivity contribution in [2.75, 3.05) is 14.1 Å². The number of fused-ring (bicyclic) bond motifs is 5. The zero-order chi connectivity index (χ0) is 26.7. The first-order valence-corrected chi connectivity index (χ1v) is 12.5. The van der Waals surface area contributed by atoms with Gasteiger partial charge in [0.1, 0.15) is 34.5 Å². The van der Waals surface area contributed by atoms with E-state index in [-0.39, 0.29) is 0 Å². The van der Waals surface area contributed by atoms with Crippen molar-refractivity contribution >= 4 is 55.7 Å². The predicted molar refractivity (Wildman–Crippen MR) is 156 cm³/mol.